The van der Waals surface area contributed by atoms with E-state index in [1.54, 1.807) is 6.33 Å². The van der Waals surface area contributed by atoms with Gasteiger partial charge in [-0.3, -0.25) is 0 Å². The second kappa shape index (κ2) is 5.77. The summed E-state index contributed by atoms with van der Waals surface area (Å²) in [5.74, 6) is 2.60. The van der Waals surface area contributed by atoms with Crippen LogP contribution in [0.15, 0.2) is 12.4 Å². The van der Waals surface area contributed by atoms with Crippen LogP contribution in [-0.4, -0.2) is 24.7 Å². The minimum atomic E-state index is 0.0569. The van der Waals surface area contributed by atoms with Gasteiger partial charge in [-0.15, -0.1) is 0 Å². The Bertz CT molecular complexity index is 548. The highest BCUT2D eigenvalue weighted by atomic mass is 15.3. The maximum Gasteiger partial charge on any atom is 0.149 e. The molecule has 0 spiro atoms. The fourth-order valence-corrected chi connectivity index (χ4v) is 2.00. The summed E-state index contributed by atoms with van der Waals surface area (Å²) in [6, 6.07) is 2.00. The van der Waals surface area contributed by atoms with Crippen LogP contribution in [0.3, 0.4) is 0 Å². The average molecular weight is 260 g/mol. The molecule has 0 fully saturated rings. The van der Waals surface area contributed by atoms with Gasteiger partial charge in [0.25, 0.3) is 0 Å². The van der Waals surface area contributed by atoms with Crippen molar-refractivity contribution in [3.8, 4) is 0 Å². The summed E-state index contributed by atoms with van der Waals surface area (Å²) in [7, 11) is 0. The second-order valence-corrected chi connectivity index (χ2v) is 4.46. The van der Waals surface area contributed by atoms with Gasteiger partial charge in [-0.2, -0.15) is 5.10 Å². The van der Waals surface area contributed by atoms with Gasteiger partial charge in [0, 0.05) is 24.7 Å². The molecule has 0 saturated heterocycles. The molecule has 2 aromatic rings. The van der Waals surface area contributed by atoms with Crippen molar-refractivity contribution in [3.05, 3.63) is 29.7 Å². The molecule has 1 atom stereocenters. The van der Waals surface area contributed by atoms with Crippen LogP contribution in [0.5, 0.6) is 0 Å². The Labute approximate surface area is 113 Å². The monoisotopic (exact) mass is 260 g/mol. The highest BCUT2D eigenvalue weighted by molar-refractivity contribution is 5.37. The average Bonchev–Trinajstić information content (AvgIpc) is 2.86. The number of nitrogens with zero attached hydrogens (tertiary/aromatic N) is 5. The number of aryl methyl sites for hydroxylation is 3. The van der Waals surface area contributed by atoms with Gasteiger partial charge in [-0.25, -0.2) is 19.6 Å². The van der Waals surface area contributed by atoms with Crippen molar-refractivity contribution >= 4 is 5.82 Å². The first-order valence-electron chi connectivity index (χ1n) is 6.62. The Balaban J connectivity index is 2.19. The minimum Gasteiger partial charge on any atom is -0.360 e. The van der Waals surface area contributed by atoms with Gasteiger partial charge >= 0.3 is 0 Å². The van der Waals surface area contributed by atoms with Gasteiger partial charge in [0.2, 0.25) is 0 Å². The van der Waals surface area contributed by atoms with Crippen LogP contribution in [-0.2, 0) is 13.0 Å². The molecule has 0 radical (unpaired) electrons. The smallest absolute Gasteiger partial charge is 0.149 e. The highest BCUT2D eigenvalue weighted by Gasteiger charge is 2.13. The number of anilines is 1. The van der Waals surface area contributed by atoms with Gasteiger partial charge in [-0.1, -0.05) is 6.92 Å². The van der Waals surface area contributed by atoms with Crippen molar-refractivity contribution in [3.63, 3.8) is 0 Å². The quantitative estimate of drug-likeness (QED) is 0.892. The molecule has 6 nitrogen and oxygen atoms in total. The van der Waals surface area contributed by atoms with Crippen LogP contribution in [0.4, 0.5) is 5.82 Å². The lowest BCUT2D eigenvalue weighted by Gasteiger charge is -2.15. The molecule has 6 heteroatoms. The molecular formula is C13H20N6. The van der Waals surface area contributed by atoms with Gasteiger partial charge < -0.3 is 5.32 Å². The number of hydrogen-bond acceptors (Lipinski definition) is 5. The zero-order valence-electron chi connectivity index (χ0n) is 11.9. The van der Waals surface area contributed by atoms with E-state index in [9.17, 15) is 0 Å². The van der Waals surface area contributed by atoms with Gasteiger partial charge in [0.05, 0.1) is 6.04 Å². The van der Waals surface area contributed by atoms with E-state index in [-0.39, 0.29) is 6.04 Å². The topological polar surface area (TPSA) is 68.5 Å². The standard InChI is InChI=1S/C13H20N6/c1-5-11-16-9(3)7-12(18-11)17-10(4)13-14-8-15-19(13)6-2/h7-8,10H,5-6H2,1-4H3,(H,16,17,18). The zero-order valence-corrected chi connectivity index (χ0v) is 11.9. The maximum absolute atomic E-state index is 4.48. The first-order valence-corrected chi connectivity index (χ1v) is 6.62. The molecule has 2 aromatic heterocycles. The van der Waals surface area contributed by atoms with Crippen molar-refractivity contribution in [2.45, 2.75) is 46.7 Å². The third kappa shape index (κ3) is 3.07. The molecule has 2 rings (SSSR count). The van der Waals surface area contributed by atoms with E-state index < -0.39 is 0 Å². The predicted octanol–water partition coefficient (Wildman–Crippen LogP) is 2.13. The summed E-state index contributed by atoms with van der Waals surface area (Å²) in [6.45, 7) is 8.94. The van der Waals surface area contributed by atoms with Crippen molar-refractivity contribution in [1.82, 2.24) is 24.7 Å². The number of nitrogens with one attached hydrogen (secondary N) is 1. The number of aromatic nitrogens is 5. The van der Waals surface area contributed by atoms with Gasteiger partial charge in [-0.05, 0) is 20.8 Å². The molecule has 102 valence electrons. The van der Waals surface area contributed by atoms with E-state index in [4.69, 9.17) is 0 Å². The molecule has 0 aliphatic rings. The lowest BCUT2D eigenvalue weighted by Crippen LogP contribution is -2.15. The Kier molecular flexibility index (Phi) is 4.09. The highest BCUT2D eigenvalue weighted by Crippen LogP contribution is 2.16. The van der Waals surface area contributed by atoms with E-state index in [0.29, 0.717) is 0 Å². The molecule has 19 heavy (non-hydrogen) atoms. The van der Waals surface area contributed by atoms with Crippen LogP contribution in [0.2, 0.25) is 0 Å². The number of hydrogen-bond donors (Lipinski definition) is 1. The van der Waals surface area contributed by atoms with Crippen LogP contribution in [0.25, 0.3) is 0 Å². The normalized spacial score (nSPS) is 12.4. The molecule has 0 bridgehead atoms. The first-order chi connectivity index (χ1) is 9.13. The van der Waals surface area contributed by atoms with Crippen molar-refractivity contribution in [2.24, 2.45) is 0 Å². The van der Waals surface area contributed by atoms with E-state index in [1.165, 1.54) is 0 Å². The van der Waals surface area contributed by atoms with E-state index in [2.05, 4.69) is 46.1 Å². The molecule has 0 amide bonds. The Hall–Kier alpha value is -1.98. The fraction of sp³-hybridized carbons (Fsp3) is 0.538. The molecule has 1 unspecified atom stereocenters. The molecule has 0 saturated carbocycles. The molecule has 0 aromatic carbocycles. The summed E-state index contributed by atoms with van der Waals surface area (Å²) in [4.78, 5) is 13.1. The molecule has 0 aliphatic heterocycles. The van der Waals surface area contributed by atoms with Crippen molar-refractivity contribution < 1.29 is 0 Å². The van der Waals surface area contributed by atoms with Crippen LogP contribution in [0.1, 0.15) is 44.2 Å². The lowest BCUT2D eigenvalue weighted by molar-refractivity contribution is 0.592. The van der Waals surface area contributed by atoms with Crippen LogP contribution in [0, 0.1) is 6.92 Å². The minimum absolute atomic E-state index is 0.0569. The van der Waals surface area contributed by atoms with E-state index in [0.717, 1.165) is 36.1 Å². The molecule has 1 N–H and O–H groups in total. The predicted molar refractivity (Wildman–Crippen MR) is 73.9 cm³/mol. The number of rotatable bonds is 5. The molecule has 0 aliphatic carbocycles. The zero-order chi connectivity index (χ0) is 13.8. The first kappa shape index (κ1) is 13.5. The molecular weight excluding hydrogens is 240 g/mol. The lowest BCUT2D eigenvalue weighted by atomic mass is 10.3. The summed E-state index contributed by atoms with van der Waals surface area (Å²) in [5, 5.41) is 7.54. The third-order valence-corrected chi connectivity index (χ3v) is 2.91. The Morgan fingerprint density at radius 2 is 2.11 bits per heavy atom. The van der Waals surface area contributed by atoms with E-state index in [1.807, 2.05) is 17.7 Å². The summed E-state index contributed by atoms with van der Waals surface area (Å²) in [5.41, 5.74) is 0.971. The van der Waals surface area contributed by atoms with E-state index >= 15 is 0 Å². The SMILES string of the molecule is CCc1nc(C)cc(NC(C)c2ncnn2CC)n1. The Morgan fingerprint density at radius 1 is 1.32 bits per heavy atom. The largest absolute Gasteiger partial charge is 0.360 e. The van der Waals surface area contributed by atoms with Crippen molar-refractivity contribution in [2.75, 3.05) is 5.32 Å². The summed E-state index contributed by atoms with van der Waals surface area (Å²) in [6.07, 6.45) is 2.41. The third-order valence-electron chi connectivity index (χ3n) is 2.91. The maximum atomic E-state index is 4.48. The summed E-state index contributed by atoms with van der Waals surface area (Å²) >= 11 is 0. The van der Waals surface area contributed by atoms with Gasteiger partial charge in [0.1, 0.15) is 23.8 Å². The second-order valence-electron chi connectivity index (χ2n) is 4.46. The fourth-order valence-electron chi connectivity index (χ4n) is 2.00. The van der Waals surface area contributed by atoms with Crippen molar-refractivity contribution in [1.29, 1.82) is 0 Å². The Morgan fingerprint density at radius 3 is 2.79 bits per heavy atom. The molecule has 2 heterocycles. The van der Waals surface area contributed by atoms with Gasteiger partial charge in [0.15, 0.2) is 0 Å². The van der Waals surface area contributed by atoms with Crippen LogP contribution >= 0.6 is 0 Å². The van der Waals surface area contributed by atoms with Crippen LogP contribution < -0.4 is 5.32 Å². The summed E-state index contributed by atoms with van der Waals surface area (Å²) < 4.78 is 1.88.